The van der Waals surface area contributed by atoms with Gasteiger partial charge in [0.05, 0.1) is 13.2 Å². The summed E-state index contributed by atoms with van der Waals surface area (Å²) < 4.78 is 4.50. The van der Waals surface area contributed by atoms with E-state index in [2.05, 4.69) is 42.0 Å². The molecule has 0 saturated carbocycles. The second kappa shape index (κ2) is 9.65. The molecule has 1 aliphatic rings. The van der Waals surface area contributed by atoms with Gasteiger partial charge in [-0.1, -0.05) is 7.43 Å². The molecule has 40 valence electrons. The summed E-state index contributed by atoms with van der Waals surface area (Å²) in [5.41, 5.74) is 0. The van der Waals surface area contributed by atoms with E-state index in [1.807, 2.05) is 0 Å². The molecule has 0 aromatic rings. The van der Waals surface area contributed by atoms with E-state index >= 15 is 0 Å². The highest BCUT2D eigenvalue weighted by Crippen LogP contribution is 1.89. The zero-order valence-corrected chi connectivity index (χ0v) is 6.89. The molecule has 0 aromatic carbocycles. The van der Waals surface area contributed by atoms with Crippen LogP contribution >= 0.6 is 37.2 Å². The molecule has 1 saturated heterocycles. The molecule has 0 amide bonds. The Bertz CT molecular complexity index is 13.5. The Morgan fingerprint density at radius 2 is 1.33 bits per heavy atom. The summed E-state index contributed by atoms with van der Waals surface area (Å²) in [5.74, 6) is 0. The summed E-state index contributed by atoms with van der Waals surface area (Å²) in [6.07, 6.45) is 0. The van der Waals surface area contributed by atoms with Crippen molar-refractivity contribution in [3.63, 3.8) is 0 Å². The van der Waals surface area contributed by atoms with Crippen LogP contribution in [0.25, 0.3) is 0 Å². The Kier molecular flexibility index (Phi) is 16.7. The van der Waals surface area contributed by atoms with Crippen LogP contribution in [0.1, 0.15) is 7.43 Å². The van der Waals surface area contributed by atoms with E-state index in [4.69, 9.17) is 0 Å². The summed E-state index contributed by atoms with van der Waals surface area (Å²) in [7, 11) is 0. The molecule has 0 unspecified atom stereocenters. The maximum Gasteiger partial charge on any atom is 0.0701 e. The van der Waals surface area contributed by atoms with Crippen LogP contribution in [-0.4, -0.2) is 13.2 Å². The van der Waals surface area contributed by atoms with Crippen LogP contribution < -0.4 is 0 Å². The lowest BCUT2D eigenvalue weighted by molar-refractivity contribution is 0.475. The number of epoxide rings is 1. The fraction of sp³-hybridized carbons (Fsp3) is 1.00. The average molecular weight is 314 g/mol. The monoisotopic (exact) mass is 314 g/mol. The maximum absolute atomic E-state index is 4.50. The summed E-state index contributed by atoms with van der Waals surface area (Å²) in [6.45, 7) is 2.00. The van der Waals surface area contributed by atoms with Crippen molar-refractivity contribution in [2.75, 3.05) is 13.2 Å². The molecule has 0 radical (unpaired) electrons. The summed E-state index contributed by atoms with van der Waals surface area (Å²) in [4.78, 5) is 0. The highest BCUT2D eigenvalue weighted by atomic mass is 128. The smallest absolute Gasteiger partial charge is 0.0701 e. The first-order chi connectivity index (χ1) is 2.50. The minimum absolute atomic E-state index is 0. The molecular formula is C3H8I2O. The maximum atomic E-state index is 4.50. The van der Waals surface area contributed by atoms with Crippen LogP contribution in [0.3, 0.4) is 0 Å². The van der Waals surface area contributed by atoms with Crippen molar-refractivity contribution in [1.82, 2.24) is 0 Å². The summed E-state index contributed by atoms with van der Waals surface area (Å²) in [5, 5.41) is 0. The van der Waals surface area contributed by atoms with Gasteiger partial charge in [0.15, 0.2) is 0 Å². The fourth-order valence-corrected chi connectivity index (χ4v) is 0. The highest BCUT2D eigenvalue weighted by Gasteiger charge is 1.94. The molecule has 1 nitrogen and oxygen atoms in total. The molecule has 0 bridgehead atoms. The van der Waals surface area contributed by atoms with Crippen LogP contribution in [0.15, 0.2) is 0 Å². The second-order valence-corrected chi connectivity index (χ2v) is 0.612. The Balaban J connectivity index is 0. The lowest BCUT2D eigenvalue weighted by Gasteiger charge is -1.24. The van der Waals surface area contributed by atoms with Crippen LogP contribution in [0.4, 0.5) is 0 Å². The minimum Gasteiger partial charge on any atom is -0.377 e. The lowest BCUT2D eigenvalue weighted by Crippen LogP contribution is -1.20. The van der Waals surface area contributed by atoms with Gasteiger partial charge in [-0.05, 0) is 0 Å². The van der Waals surface area contributed by atoms with Crippen molar-refractivity contribution in [2.24, 2.45) is 0 Å². The van der Waals surface area contributed by atoms with Crippen molar-refractivity contribution in [3.8, 4) is 0 Å². The molecule has 0 aromatic heterocycles. The molecule has 0 N–H and O–H groups in total. The van der Waals surface area contributed by atoms with E-state index in [-0.39, 0.29) is 7.43 Å². The van der Waals surface area contributed by atoms with Gasteiger partial charge in [0.1, 0.15) is 0 Å². The number of ether oxygens (including phenoxy) is 1. The lowest BCUT2D eigenvalue weighted by atomic mass is 11.0. The van der Waals surface area contributed by atoms with Gasteiger partial charge in [0, 0.05) is 37.2 Å². The van der Waals surface area contributed by atoms with Crippen LogP contribution in [0.2, 0.25) is 0 Å². The number of halogens is 2. The SMILES string of the molecule is C.C1CO1.II. The van der Waals surface area contributed by atoms with Gasteiger partial charge in [-0.25, -0.2) is 0 Å². The van der Waals surface area contributed by atoms with Gasteiger partial charge in [0.25, 0.3) is 0 Å². The third-order valence-electron chi connectivity index (χ3n) is 0.204. The van der Waals surface area contributed by atoms with Crippen molar-refractivity contribution >= 4 is 37.2 Å². The van der Waals surface area contributed by atoms with E-state index in [9.17, 15) is 0 Å². The first-order valence-corrected chi connectivity index (χ1v) is 7.51. The number of rotatable bonds is 0. The predicted molar refractivity (Wildman–Crippen MR) is 45.6 cm³/mol. The molecule has 1 heterocycles. The molecule has 3 heteroatoms. The Hall–Kier alpha value is 1.42. The van der Waals surface area contributed by atoms with Crippen LogP contribution in [-0.2, 0) is 4.74 Å². The Labute approximate surface area is 62.1 Å². The van der Waals surface area contributed by atoms with E-state index in [1.54, 1.807) is 0 Å². The molecule has 1 aliphatic heterocycles. The second-order valence-electron chi connectivity index (χ2n) is 0.612. The largest absolute Gasteiger partial charge is 0.377 e. The fourth-order valence-electron chi connectivity index (χ4n) is 0. The van der Waals surface area contributed by atoms with Crippen LogP contribution in [0, 0.1) is 0 Å². The topological polar surface area (TPSA) is 12.5 Å². The van der Waals surface area contributed by atoms with Gasteiger partial charge >= 0.3 is 0 Å². The zero-order valence-electron chi connectivity index (χ0n) is 2.58. The van der Waals surface area contributed by atoms with E-state index in [0.29, 0.717) is 0 Å². The average Bonchev–Trinajstić information content (AvgIpc) is 2.19. The zero-order chi connectivity index (χ0) is 4.12. The molecule has 1 rings (SSSR count). The number of hydrogen-bond acceptors (Lipinski definition) is 1. The summed E-state index contributed by atoms with van der Waals surface area (Å²) >= 11 is 4.24. The quantitative estimate of drug-likeness (QED) is 0.494. The standard InChI is InChI=1S/C2H4O.CH4.I2/c1-2-3-1;;1-2/h1-2H2;1H4;. The highest BCUT2D eigenvalue weighted by molar-refractivity contribution is 15.0. The van der Waals surface area contributed by atoms with E-state index in [1.165, 1.54) is 0 Å². The van der Waals surface area contributed by atoms with E-state index < -0.39 is 0 Å². The molecular weight excluding hydrogens is 306 g/mol. The molecule has 6 heavy (non-hydrogen) atoms. The molecule has 1 fully saturated rings. The van der Waals surface area contributed by atoms with E-state index in [0.717, 1.165) is 13.2 Å². The van der Waals surface area contributed by atoms with Crippen molar-refractivity contribution < 1.29 is 4.74 Å². The first kappa shape index (κ1) is 10.4. The van der Waals surface area contributed by atoms with Crippen LogP contribution in [0.5, 0.6) is 0 Å². The van der Waals surface area contributed by atoms with Crippen molar-refractivity contribution in [3.05, 3.63) is 0 Å². The predicted octanol–water partition coefficient (Wildman–Crippen LogP) is 2.42. The first-order valence-electron chi connectivity index (χ1n) is 1.22. The minimum atomic E-state index is 0. The van der Waals surface area contributed by atoms with Gasteiger partial charge in [-0.3, -0.25) is 0 Å². The third-order valence-corrected chi connectivity index (χ3v) is 0.204. The van der Waals surface area contributed by atoms with Gasteiger partial charge in [-0.15, -0.1) is 0 Å². The number of hydrogen-bond donors (Lipinski definition) is 0. The molecule has 0 spiro atoms. The normalized spacial score (nSPS) is 13.0. The van der Waals surface area contributed by atoms with Gasteiger partial charge in [0.2, 0.25) is 0 Å². The molecule has 0 aliphatic carbocycles. The van der Waals surface area contributed by atoms with Gasteiger partial charge < -0.3 is 4.74 Å². The van der Waals surface area contributed by atoms with Crippen molar-refractivity contribution in [2.45, 2.75) is 7.43 Å². The Morgan fingerprint density at radius 3 is 1.33 bits per heavy atom. The van der Waals surface area contributed by atoms with Crippen molar-refractivity contribution in [1.29, 1.82) is 0 Å². The Morgan fingerprint density at radius 1 is 1.17 bits per heavy atom. The van der Waals surface area contributed by atoms with Gasteiger partial charge in [-0.2, -0.15) is 0 Å². The summed E-state index contributed by atoms with van der Waals surface area (Å²) in [6, 6.07) is 0. The third kappa shape index (κ3) is 18.1. The molecule has 0 atom stereocenters.